The van der Waals surface area contributed by atoms with Crippen LogP contribution in [0.15, 0.2) is 42.5 Å². The average molecular weight is 385 g/mol. The van der Waals surface area contributed by atoms with Crippen molar-refractivity contribution >= 4 is 11.6 Å². The van der Waals surface area contributed by atoms with Gasteiger partial charge >= 0.3 is 0 Å². The molecule has 0 spiro atoms. The summed E-state index contributed by atoms with van der Waals surface area (Å²) >= 11 is 0. The maximum Gasteiger partial charge on any atom is 0.262 e. The molecule has 2 rings (SSSR count). The Bertz CT molecular complexity index is 797. The van der Waals surface area contributed by atoms with Crippen LogP contribution in [0.3, 0.4) is 0 Å². The zero-order valence-electron chi connectivity index (χ0n) is 17.8. The van der Waals surface area contributed by atoms with Gasteiger partial charge in [0, 0.05) is 18.3 Å². The largest absolute Gasteiger partial charge is 0.493 e. The van der Waals surface area contributed by atoms with Crippen molar-refractivity contribution in [2.75, 3.05) is 19.0 Å². The third-order valence-electron chi connectivity index (χ3n) is 4.80. The highest BCUT2D eigenvalue weighted by atomic mass is 16.5. The minimum atomic E-state index is -0.211. The highest BCUT2D eigenvalue weighted by molar-refractivity contribution is 5.91. The van der Waals surface area contributed by atoms with Crippen molar-refractivity contribution in [1.29, 1.82) is 0 Å². The maximum atomic E-state index is 12.1. The van der Waals surface area contributed by atoms with Crippen molar-refractivity contribution in [3.05, 3.63) is 53.6 Å². The van der Waals surface area contributed by atoms with Crippen molar-refractivity contribution in [3.8, 4) is 11.5 Å². The molecule has 0 aliphatic rings. The van der Waals surface area contributed by atoms with Gasteiger partial charge in [-0.3, -0.25) is 4.79 Å². The van der Waals surface area contributed by atoms with E-state index in [-0.39, 0.29) is 17.9 Å². The average Bonchev–Trinajstić information content (AvgIpc) is 2.63. The number of hydrogen-bond acceptors (Lipinski definition) is 4. The number of rotatable bonds is 8. The molecule has 0 saturated heterocycles. The van der Waals surface area contributed by atoms with E-state index in [1.165, 1.54) is 0 Å². The number of nitrogens with one attached hydrogen (secondary N) is 2. The summed E-state index contributed by atoms with van der Waals surface area (Å²) in [6.45, 7) is 11.5. The van der Waals surface area contributed by atoms with Crippen LogP contribution in [-0.4, -0.2) is 25.7 Å². The van der Waals surface area contributed by atoms with Crippen LogP contribution in [-0.2, 0) is 11.3 Å². The fourth-order valence-electron chi connectivity index (χ4n) is 2.58. The predicted octanol–water partition coefficient (Wildman–Crippen LogP) is 4.55. The van der Waals surface area contributed by atoms with Crippen LogP contribution in [0, 0.1) is 12.3 Å². The number of benzene rings is 2. The van der Waals surface area contributed by atoms with Crippen LogP contribution in [0.1, 0.15) is 38.8 Å². The number of methoxy groups -OCH3 is 1. The molecule has 0 aliphatic carbocycles. The summed E-state index contributed by atoms with van der Waals surface area (Å²) < 4.78 is 11.1. The number of carbonyl (C=O) groups is 1. The highest BCUT2D eigenvalue weighted by Gasteiger charge is 2.19. The number of amides is 1. The van der Waals surface area contributed by atoms with Crippen molar-refractivity contribution < 1.29 is 14.3 Å². The lowest BCUT2D eigenvalue weighted by Crippen LogP contribution is -2.37. The summed E-state index contributed by atoms with van der Waals surface area (Å²) in [5.41, 5.74) is 3.14. The summed E-state index contributed by atoms with van der Waals surface area (Å²) in [5.74, 6) is 0.956. The molecule has 5 nitrogen and oxygen atoms in total. The molecule has 0 bridgehead atoms. The number of ether oxygens (including phenoxy) is 2. The summed E-state index contributed by atoms with van der Waals surface area (Å²) in [4.78, 5) is 12.1. The van der Waals surface area contributed by atoms with E-state index < -0.39 is 0 Å². The second-order valence-electron chi connectivity index (χ2n) is 8.16. The highest BCUT2D eigenvalue weighted by Crippen LogP contribution is 2.28. The van der Waals surface area contributed by atoms with Gasteiger partial charge in [-0.15, -0.1) is 0 Å². The van der Waals surface area contributed by atoms with Crippen molar-refractivity contribution in [2.45, 2.75) is 47.2 Å². The quantitative estimate of drug-likeness (QED) is 0.701. The van der Waals surface area contributed by atoms with E-state index in [4.69, 9.17) is 9.47 Å². The molecule has 0 fully saturated rings. The Morgan fingerprint density at radius 3 is 2.50 bits per heavy atom. The van der Waals surface area contributed by atoms with E-state index in [2.05, 4.69) is 38.3 Å². The molecule has 0 saturated carbocycles. The van der Waals surface area contributed by atoms with E-state index in [9.17, 15) is 4.79 Å². The van der Waals surface area contributed by atoms with Crippen molar-refractivity contribution in [1.82, 2.24) is 5.32 Å². The summed E-state index contributed by atoms with van der Waals surface area (Å²) in [5, 5.41) is 6.37. The van der Waals surface area contributed by atoms with E-state index in [0.29, 0.717) is 17.5 Å². The topological polar surface area (TPSA) is 59.6 Å². The zero-order valence-corrected chi connectivity index (χ0v) is 17.8. The molecule has 152 valence electrons. The second-order valence-corrected chi connectivity index (χ2v) is 8.16. The van der Waals surface area contributed by atoms with Crippen LogP contribution >= 0.6 is 0 Å². The Labute approximate surface area is 168 Å². The normalized spacial score (nSPS) is 12.4. The van der Waals surface area contributed by atoms with Gasteiger partial charge in [0.2, 0.25) is 0 Å². The standard InChI is InChI=1S/C23H32N2O3/c1-16-8-7-9-19(12-16)25-22(26)15-28-20-11-10-18(13-21(20)27-6)14-24-17(2)23(3,4)5/h7-13,17,24H,14-15H2,1-6H3,(H,25,26)/t17-/m1/s1. The molecule has 28 heavy (non-hydrogen) atoms. The predicted molar refractivity (Wildman–Crippen MR) is 114 cm³/mol. The van der Waals surface area contributed by atoms with Gasteiger partial charge in [-0.2, -0.15) is 0 Å². The Morgan fingerprint density at radius 2 is 1.86 bits per heavy atom. The van der Waals surface area contributed by atoms with Gasteiger partial charge in [0.15, 0.2) is 18.1 Å². The fraction of sp³-hybridized carbons (Fsp3) is 0.435. The number of anilines is 1. The van der Waals surface area contributed by atoms with Gasteiger partial charge in [0.25, 0.3) is 5.91 Å². The molecule has 0 aromatic heterocycles. The summed E-state index contributed by atoms with van der Waals surface area (Å²) in [6.07, 6.45) is 0. The molecule has 2 aromatic carbocycles. The summed E-state index contributed by atoms with van der Waals surface area (Å²) in [6, 6.07) is 13.8. The molecule has 0 aliphatic heterocycles. The lowest BCUT2D eigenvalue weighted by molar-refractivity contribution is -0.118. The van der Waals surface area contributed by atoms with Crippen LogP contribution in [0.25, 0.3) is 0 Å². The molecule has 5 heteroatoms. The number of hydrogen-bond donors (Lipinski definition) is 2. The van der Waals surface area contributed by atoms with Crippen LogP contribution in [0.5, 0.6) is 11.5 Å². The zero-order chi connectivity index (χ0) is 20.7. The third-order valence-corrected chi connectivity index (χ3v) is 4.80. The molecule has 1 amide bonds. The van der Waals surface area contributed by atoms with Gasteiger partial charge in [-0.1, -0.05) is 39.0 Å². The van der Waals surface area contributed by atoms with Gasteiger partial charge < -0.3 is 20.1 Å². The Balaban J connectivity index is 1.93. The van der Waals surface area contributed by atoms with Gasteiger partial charge in [-0.05, 0) is 54.7 Å². The molecule has 2 N–H and O–H groups in total. The molecule has 0 heterocycles. The minimum absolute atomic E-state index is 0.0804. The lowest BCUT2D eigenvalue weighted by atomic mass is 9.88. The first-order valence-electron chi connectivity index (χ1n) is 9.58. The lowest BCUT2D eigenvalue weighted by Gasteiger charge is -2.28. The van der Waals surface area contributed by atoms with Crippen molar-refractivity contribution in [2.24, 2.45) is 5.41 Å². The first-order chi connectivity index (χ1) is 13.2. The fourth-order valence-corrected chi connectivity index (χ4v) is 2.58. The van der Waals surface area contributed by atoms with E-state index >= 15 is 0 Å². The molecule has 2 aromatic rings. The minimum Gasteiger partial charge on any atom is -0.493 e. The molecular formula is C23H32N2O3. The molecule has 0 unspecified atom stereocenters. The smallest absolute Gasteiger partial charge is 0.262 e. The first-order valence-corrected chi connectivity index (χ1v) is 9.58. The van der Waals surface area contributed by atoms with E-state index in [0.717, 1.165) is 23.4 Å². The monoisotopic (exact) mass is 384 g/mol. The summed E-state index contributed by atoms with van der Waals surface area (Å²) in [7, 11) is 1.60. The van der Waals surface area contributed by atoms with E-state index in [1.807, 2.05) is 49.4 Å². The Kier molecular flexibility index (Phi) is 7.46. The second kappa shape index (κ2) is 9.60. The Morgan fingerprint density at radius 1 is 1.11 bits per heavy atom. The number of carbonyl (C=O) groups excluding carboxylic acids is 1. The van der Waals surface area contributed by atoms with Gasteiger partial charge in [-0.25, -0.2) is 0 Å². The SMILES string of the molecule is COc1cc(CN[C@H](C)C(C)(C)C)ccc1OCC(=O)Nc1cccc(C)c1. The van der Waals surface area contributed by atoms with Crippen LogP contribution < -0.4 is 20.1 Å². The van der Waals surface area contributed by atoms with Gasteiger partial charge in [0.1, 0.15) is 0 Å². The number of aryl methyl sites for hydroxylation is 1. The van der Waals surface area contributed by atoms with Crippen LogP contribution in [0.2, 0.25) is 0 Å². The van der Waals surface area contributed by atoms with E-state index in [1.54, 1.807) is 7.11 Å². The first kappa shape index (κ1) is 21.8. The Hall–Kier alpha value is -2.53. The maximum absolute atomic E-state index is 12.1. The van der Waals surface area contributed by atoms with Gasteiger partial charge in [0.05, 0.1) is 7.11 Å². The van der Waals surface area contributed by atoms with Crippen molar-refractivity contribution in [3.63, 3.8) is 0 Å². The molecular weight excluding hydrogens is 352 g/mol. The molecule has 1 atom stereocenters. The molecule has 0 radical (unpaired) electrons. The third kappa shape index (κ3) is 6.57. The van der Waals surface area contributed by atoms with Crippen LogP contribution in [0.4, 0.5) is 5.69 Å².